The second-order valence-corrected chi connectivity index (χ2v) is 4.82. The first-order valence-corrected chi connectivity index (χ1v) is 6.17. The van der Waals surface area contributed by atoms with Gasteiger partial charge in [-0.25, -0.2) is 14.6 Å². The molecular formula is C12H16ClN5. The van der Waals surface area contributed by atoms with E-state index in [1.165, 1.54) is 0 Å². The molecule has 0 aliphatic heterocycles. The third-order valence-corrected chi connectivity index (χ3v) is 2.85. The fourth-order valence-electron chi connectivity index (χ4n) is 1.66. The Morgan fingerprint density at radius 1 is 1.33 bits per heavy atom. The molecule has 2 rings (SSSR count). The van der Waals surface area contributed by atoms with Crippen LogP contribution in [-0.2, 0) is 0 Å². The molecule has 0 aliphatic carbocycles. The van der Waals surface area contributed by atoms with E-state index in [2.05, 4.69) is 34.2 Å². The minimum atomic E-state index is 0.252. The maximum atomic E-state index is 5.90. The number of hydrogen-bond donors (Lipinski definition) is 1. The summed E-state index contributed by atoms with van der Waals surface area (Å²) in [5, 5.41) is 7.86. The molecule has 0 unspecified atom stereocenters. The monoisotopic (exact) mass is 265 g/mol. The molecule has 0 saturated heterocycles. The Hall–Kier alpha value is -1.62. The minimum absolute atomic E-state index is 0.252. The first kappa shape index (κ1) is 12.8. The first-order chi connectivity index (χ1) is 8.52. The summed E-state index contributed by atoms with van der Waals surface area (Å²) < 4.78 is 1.67. The van der Waals surface area contributed by atoms with Gasteiger partial charge in [-0.05, 0) is 6.92 Å². The van der Waals surface area contributed by atoms with Crippen molar-refractivity contribution in [1.29, 1.82) is 0 Å². The zero-order valence-corrected chi connectivity index (χ0v) is 11.7. The Kier molecular flexibility index (Phi) is 3.52. The van der Waals surface area contributed by atoms with Gasteiger partial charge in [-0.2, -0.15) is 5.10 Å². The van der Waals surface area contributed by atoms with E-state index in [0.717, 1.165) is 23.0 Å². The van der Waals surface area contributed by atoms with Gasteiger partial charge in [0.2, 0.25) is 0 Å². The summed E-state index contributed by atoms with van der Waals surface area (Å²) in [5.74, 6) is 2.61. The average Bonchev–Trinajstić information content (AvgIpc) is 2.75. The van der Waals surface area contributed by atoms with E-state index in [1.807, 2.05) is 14.0 Å². The lowest BCUT2D eigenvalue weighted by Gasteiger charge is -2.13. The number of nitrogens with one attached hydrogen (secondary N) is 1. The number of hydrogen-bond acceptors (Lipinski definition) is 4. The van der Waals surface area contributed by atoms with Crippen molar-refractivity contribution in [2.24, 2.45) is 0 Å². The molecule has 5 nitrogen and oxygen atoms in total. The molecule has 0 aliphatic rings. The van der Waals surface area contributed by atoms with Gasteiger partial charge in [-0.3, -0.25) is 0 Å². The highest BCUT2D eigenvalue weighted by atomic mass is 35.5. The predicted octanol–water partition coefficient (Wildman–Crippen LogP) is 2.79. The van der Waals surface area contributed by atoms with Crippen LogP contribution in [0.3, 0.4) is 0 Å². The van der Waals surface area contributed by atoms with Crippen molar-refractivity contribution >= 4 is 17.4 Å². The second kappa shape index (κ2) is 4.94. The van der Waals surface area contributed by atoms with Crippen LogP contribution in [0, 0.1) is 6.92 Å². The van der Waals surface area contributed by atoms with Gasteiger partial charge in [0, 0.05) is 18.5 Å². The molecule has 0 aromatic carbocycles. The lowest BCUT2D eigenvalue weighted by molar-refractivity contribution is 0.742. The van der Waals surface area contributed by atoms with E-state index in [4.69, 9.17) is 11.6 Å². The Morgan fingerprint density at radius 2 is 2.06 bits per heavy atom. The Bertz CT molecular complexity index is 562. The number of halogens is 1. The lowest BCUT2D eigenvalue weighted by Crippen LogP contribution is -2.10. The summed E-state index contributed by atoms with van der Waals surface area (Å²) in [7, 11) is 1.85. The summed E-state index contributed by atoms with van der Waals surface area (Å²) in [5.41, 5.74) is 0.946. The van der Waals surface area contributed by atoms with Crippen LogP contribution in [0.4, 0.5) is 5.82 Å². The molecule has 96 valence electrons. The van der Waals surface area contributed by atoms with E-state index in [-0.39, 0.29) is 5.92 Å². The number of aromatic nitrogens is 4. The van der Waals surface area contributed by atoms with Crippen LogP contribution in [-0.4, -0.2) is 26.8 Å². The molecule has 2 aromatic rings. The largest absolute Gasteiger partial charge is 0.373 e. The fourth-order valence-corrected chi connectivity index (χ4v) is 1.80. The SMILES string of the molecule is CNc1nc(C(C)C)nc(-n2cc(Cl)cn2)c1C. The zero-order chi connectivity index (χ0) is 13.3. The molecule has 0 fully saturated rings. The molecule has 1 N–H and O–H groups in total. The normalized spacial score (nSPS) is 11.0. The van der Waals surface area contributed by atoms with Crippen molar-refractivity contribution in [2.45, 2.75) is 26.7 Å². The summed E-state index contributed by atoms with van der Waals surface area (Å²) >= 11 is 5.90. The van der Waals surface area contributed by atoms with Crippen molar-refractivity contribution in [3.8, 4) is 5.82 Å². The Labute approximate surface area is 111 Å². The first-order valence-electron chi connectivity index (χ1n) is 5.79. The van der Waals surface area contributed by atoms with Gasteiger partial charge in [0.1, 0.15) is 11.6 Å². The van der Waals surface area contributed by atoms with Crippen LogP contribution in [0.15, 0.2) is 12.4 Å². The van der Waals surface area contributed by atoms with Crippen molar-refractivity contribution in [1.82, 2.24) is 19.7 Å². The summed E-state index contributed by atoms with van der Waals surface area (Å²) in [6.45, 7) is 6.08. The third kappa shape index (κ3) is 2.31. The number of anilines is 1. The predicted molar refractivity (Wildman–Crippen MR) is 72.5 cm³/mol. The quantitative estimate of drug-likeness (QED) is 0.927. The van der Waals surface area contributed by atoms with Crippen molar-refractivity contribution in [2.75, 3.05) is 12.4 Å². The van der Waals surface area contributed by atoms with Crippen molar-refractivity contribution < 1.29 is 0 Å². The molecule has 0 saturated carbocycles. The number of nitrogens with zero attached hydrogens (tertiary/aromatic N) is 4. The van der Waals surface area contributed by atoms with E-state index in [1.54, 1.807) is 17.1 Å². The smallest absolute Gasteiger partial charge is 0.162 e. The van der Waals surface area contributed by atoms with Crippen LogP contribution in [0.2, 0.25) is 5.02 Å². The van der Waals surface area contributed by atoms with Crippen molar-refractivity contribution in [3.05, 3.63) is 28.8 Å². The standard InChI is InChI=1S/C12H16ClN5/c1-7(2)10-16-11(14-4)8(3)12(17-10)18-6-9(13)5-15-18/h5-7H,1-4H3,(H,14,16,17). The average molecular weight is 266 g/mol. The van der Waals surface area contributed by atoms with Crippen molar-refractivity contribution in [3.63, 3.8) is 0 Å². The lowest BCUT2D eigenvalue weighted by atomic mass is 10.2. The summed E-state index contributed by atoms with van der Waals surface area (Å²) in [6.07, 6.45) is 3.33. The third-order valence-electron chi connectivity index (χ3n) is 2.66. The highest BCUT2D eigenvalue weighted by molar-refractivity contribution is 6.30. The van der Waals surface area contributed by atoms with E-state index < -0.39 is 0 Å². The van der Waals surface area contributed by atoms with Crippen LogP contribution in [0.25, 0.3) is 5.82 Å². The van der Waals surface area contributed by atoms with Crippen LogP contribution in [0.1, 0.15) is 31.2 Å². The molecule has 18 heavy (non-hydrogen) atoms. The Balaban J connectivity index is 2.61. The molecule has 0 bridgehead atoms. The van der Waals surface area contributed by atoms with Gasteiger partial charge in [-0.15, -0.1) is 0 Å². The highest BCUT2D eigenvalue weighted by Gasteiger charge is 2.14. The molecule has 2 heterocycles. The fraction of sp³-hybridized carbons (Fsp3) is 0.417. The second-order valence-electron chi connectivity index (χ2n) is 4.39. The molecule has 0 spiro atoms. The molecule has 0 radical (unpaired) electrons. The van der Waals surface area contributed by atoms with Gasteiger partial charge in [0.05, 0.1) is 17.4 Å². The number of rotatable bonds is 3. The summed E-state index contributed by atoms with van der Waals surface area (Å²) in [6, 6.07) is 0. The van der Waals surface area contributed by atoms with E-state index in [0.29, 0.717) is 5.02 Å². The van der Waals surface area contributed by atoms with Gasteiger partial charge >= 0.3 is 0 Å². The van der Waals surface area contributed by atoms with Gasteiger partial charge < -0.3 is 5.32 Å². The minimum Gasteiger partial charge on any atom is -0.373 e. The molecule has 0 amide bonds. The van der Waals surface area contributed by atoms with Crippen LogP contribution < -0.4 is 5.32 Å². The maximum Gasteiger partial charge on any atom is 0.162 e. The van der Waals surface area contributed by atoms with E-state index in [9.17, 15) is 0 Å². The topological polar surface area (TPSA) is 55.6 Å². The van der Waals surface area contributed by atoms with Crippen LogP contribution >= 0.6 is 11.6 Å². The van der Waals surface area contributed by atoms with Gasteiger partial charge in [0.15, 0.2) is 5.82 Å². The molecular weight excluding hydrogens is 250 g/mol. The van der Waals surface area contributed by atoms with Gasteiger partial charge in [-0.1, -0.05) is 25.4 Å². The zero-order valence-electron chi connectivity index (χ0n) is 10.9. The summed E-state index contributed by atoms with van der Waals surface area (Å²) in [4.78, 5) is 9.04. The maximum absolute atomic E-state index is 5.90. The van der Waals surface area contributed by atoms with Crippen LogP contribution in [0.5, 0.6) is 0 Å². The van der Waals surface area contributed by atoms with E-state index >= 15 is 0 Å². The molecule has 6 heteroatoms. The molecule has 0 atom stereocenters. The highest BCUT2D eigenvalue weighted by Crippen LogP contribution is 2.22. The molecule has 2 aromatic heterocycles. The van der Waals surface area contributed by atoms with Gasteiger partial charge in [0.25, 0.3) is 0 Å². The Morgan fingerprint density at radius 3 is 2.56 bits per heavy atom.